The van der Waals surface area contributed by atoms with Crippen LogP contribution in [0.1, 0.15) is 72.0 Å². The van der Waals surface area contributed by atoms with Gasteiger partial charge in [0.15, 0.2) is 0 Å². The van der Waals surface area contributed by atoms with Gasteiger partial charge in [0.1, 0.15) is 17.3 Å². The SMILES string of the molecule is COc1ccc(-n2c(C3CCCCN3C(=O)c3c(C)cc(OC(C)C)cc3C)nc3cc(C)ccc32)cc1. The molecule has 5 rings (SSSR count). The molecule has 0 aliphatic carbocycles. The first-order chi connectivity index (χ1) is 18.3. The highest BCUT2D eigenvalue weighted by Crippen LogP contribution is 2.37. The lowest BCUT2D eigenvalue weighted by Gasteiger charge is -2.36. The zero-order valence-corrected chi connectivity index (χ0v) is 23.2. The minimum atomic E-state index is -0.128. The quantitative estimate of drug-likeness (QED) is 0.277. The topological polar surface area (TPSA) is 56.6 Å². The normalized spacial score (nSPS) is 15.8. The van der Waals surface area contributed by atoms with Gasteiger partial charge in [0.05, 0.1) is 30.3 Å². The molecule has 0 N–H and O–H groups in total. The highest BCUT2D eigenvalue weighted by molar-refractivity contribution is 5.97. The average Bonchev–Trinajstić information content (AvgIpc) is 3.26. The van der Waals surface area contributed by atoms with Crippen LogP contribution in [0.2, 0.25) is 0 Å². The van der Waals surface area contributed by atoms with Gasteiger partial charge in [-0.15, -0.1) is 0 Å². The maximum absolute atomic E-state index is 14.2. The van der Waals surface area contributed by atoms with Crippen molar-refractivity contribution in [3.05, 3.63) is 82.7 Å². The molecule has 1 amide bonds. The van der Waals surface area contributed by atoms with Gasteiger partial charge >= 0.3 is 0 Å². The van der Waals surface area contributed by atoms with Crippen molar-refractivity contribution in [1.82, 2.24) is 14.5 Å². The standard InChI is InChI=1S/C32H37N3O3/c1-20(2)38-26-18-22(4)30(23(5)19-26)32(36)34-16-8-7-9-29(34)31-33-27-17-21(3)10-15-28(27)35(31)24-11-13-25(37-6)14-12-24/h10-15,17-20,29H,7-9,16H2,1-6H3. The van der Waals surface area contributed by atoms with Gasteiger partial charge in [-0.2, -0.15) is 0 Å². The van der Waals surface area contributed by atoms with Crippen LogP contribution in [0, 0.1) is 20.8 Å². The Morgan fingerprint density at radius 2 is 1.66 bits per heavy atom. The highest BCUT2D eigenvalue weighted by atomic mass is 16.5. The fourth-order valence-electron chi connectivity index (χ4n) is 5.62. The predicted octanol–water partition coefficient (Wildman–Crippen LogP) is 7.11. The first kappa shape index (κ1) is 25.8. The summed E-state index contributed by atoms with van der Waals surface area (Å²) in [7, 11) is 1.67. The molecule has 1 unspecified atom stereocenters. The number of fused-ring (bicyclic) bond motifs is 1. The van der Waals surface area contributed by atoms with Crippen LogP contribution in [0.5, 0.6) is 11.5 Å². The molecule has 0 spiro atoms. The summed E-state index contributed by atoms with van der Waals surface area (Å²) in [5.41, 5.74) is 6.79. The second kappa shape index (κ2) is 10.5. The van der Waals surface area contributed by atoms with Crippen molar-refractivity contribution >= 4 is 16.9 Å². The van der Waals surface area contributed by atoms with Gasteiger partial charge in [0.2, 0.25) is 0 Å². The van der Waals surface area contributed by atoms with Gasteiger partial charge in [-0.1, -0.05) is 6.07 Å². The lowest BCUT2D eigenvalue weighted by molar-refractivity contribution is 0.0597. The smallest absolute Gasteiger partial charge is 0.255 e. The lowest BCUT2D eigenvalue weighted by Crippen LogP contribution is -2.40. The van der Waals surface area contributed by atoms with Crippen LogP contribution in [-0.2, 0) is 0 Å². The van der Waals surface area contributed by atoms with Crippen LogP contribution in [0.3, 0.4) is 0 Å². The summed E-state index contributed by atoms with van der Waals surface area (Å²) in [5, 5.41) is 0. The molecule has 0 radical (unpaired) electrons. The van der Waals surface area contributed by atoms with E-state index in [0.29, 0.717) is 6.54 Å². The van der Waals surface area contributed by atoms with Gasteiger partial charge < -0.3 is 14.4 Å². The van der Waals surface area contributed by atoms with E-state index in [1.165, 1.54) is 0 Å². The number of amides is 1. The molecule has 1 aliphatic heterocycles. The summed E-state index contributed by atoms with van der Waals surface area (Å²) in [4.78, 5) is 21.4. The number of piperidine rings is 1. The van der Waals surface area contributed by atoms with Gasteiger partial charge in [-0.25, -0.2) is 4.98 Å². The van der Waals surface area contributed by atoms with Crippen LogP contribution in [0.25, 0.3) is 16.7 Å². The third-order valence-electron chi connectivity index (χ3n) is 7.32. The molecule has 4 aromatic rings. The van der Waals surface area contributed by atoms with E-state index in [0.717, 1.165) is 75.6 Å². The number of carbonyl (C=O) groups excluding carboxylic acids is 1. The monoisotopic (exact) mass is 511 g/mol. The van der Waals surface area contributed by atoms with Crippen molar-refractivity contribution in [3.8, 4) is 17.2 Å². The number of carbonyl (C=O) groups is 1. The Labute approximate surface area is 225 Å². The van der Waals surface area contributed by atoms with E-state index in [2.05, 4.69) is 41.8 Å². The molecule has 0 bridgehead atoms. The Hall–Kier alpha value is -3.80. The Bertz CT molecular complexity index is 1450. The number of benzene rings is 3. The van der Waals surface area contributed by atoms with Gasteiger partial charge in [-0.3, -0.25) is 9.36 Å². The number of imidazole rings is 1. The molecule has 1 fully saturated rings. The van der Waals surface area contributed by atoms with Crippen LogP contribution in [0.4, 0.5) is 0 Å². The largest absolute Gasteiger partial charge is 0.497 e. The molecule has 1 aliphatic rings. The number of likely N-dealkylation sites (tertiary alicyclic amines) is 1. The molecule has 0 saturated carbocycles. The fourth-order valence-corrected chi connectivity index (χ4v) is 5.62. The zero-order valence-electron chi connectivity index (χ0n) is 23.2. The zero-order chi connectivity index (χ0) is 27.0. The van der Waals surface area contributed by atoms with E-state index in [1.54, 1.807) is 7.11 Å². The van der Waals surface area contributed by atoms with Crippen molar-refractivity contribution in [3.63, 3.8) is 0 Å². The summed E-state index contributed by atoms with van der Waals surface area (Å²) < 4.78 is 13.5. The summed E-state index contributed by atoms with van der Waals surface area (Å²) in [5.74, 6) is 2.57. The Morgan fingerprint density at radius 3 is 2.32 bits per heavy atom. The molecule has 1 atom stereocenters. The predicted molar refractivity (Wildman–Crippen MR) is 152 cm³/mol. The summed E-state index contributed by atoms with van der Waals surface area (Å²) >= 11 is 0. The summed E-state index contributed by atoms with van der Waals surface area (Å²) in [6.07, 6.45) is 2.99. The van der Waals surface area contributed by atoms with Crippen molar-refractivity contribution in [2.45, 2.75) is 66.0 Å². The Kier molecular flexibility index (Phi) is 7.15. The second-order valence-corrected chi connectivity index (χ2v) is 10.6. The number of ether oxygens (including phenoxy) is 2. The van der Waals surface area contributed by atoms with Crippen molar-refractivity contribution in [2.75, 3.05) is 13.7 Å². The Balaban J connectivity index is 1.60. The van der Waals surface area contributed by atoms with Crippen LogP contribution in [0.15, 0.2) is 54.6 Å². The van der Waals surface area contributed by atoms with Crippen molar-refractivity contribution in [2.24, 2.45) is 0 Å². The molecule has 1 aromatic heterocycles. The first-order valence-electron chi connectivity index (χ1n) is 13.5. The molecule has 2 heterocycles. The van der Waals surface area contributed by atoms with Crippen molar-refractivity contribution in [1.29, 1.82) is 0 Å². The summed E-state index contributed by atoms with van der Waals surface area (Å²) in [6, 6.07) is 18.2. The Morgan fingerprint density at radius 1 is 0.947 bits per heavy atom. The van der Waals surface area contributed by atoms with E-state index in [-0.39, 0.29) is 18.1 Å². The minimum Gasteiger partial charge on any atom is -0.497 e. The molecule has 3 aromatic carbocycles. The number of methoxy groups -OCH3 is 1. The average molecular weight is 512 g/mol. The molecule has 6 heteroatoms. The van der Waals surface area contributed by atoms with Crippen molar-refractivity contribution < 1.29 is 14.3 Å². The van der Waals surface area contributed by atoms with E-state index in [9.17, 15) is 4.79 Å². The number of aryl methyl sites for hydroxylation is 3. The van der Waals surface area contributed by atoms with Gasteiger partial charge in [0, 0.05) is 17.8 Å². The van der Waals surface area contributed by atoms with Gasteiger partial charge in [0.25, 0.3) is 5.91 Å². The van der Waals surface area contributed by atoms with E-state index in [4.69, 9.17) is 14.5 Å². The third kappa shape index (κ3) is 4.87. The third-order valence-corrected chi connectivity index (χ3v) is 7.32. The van der Waals surface area contributed by atoms with E-state index < -0.39 is 0 Å². The molecule has 1 saturated heterocycles. The van der Waals surface area contributed by atoms with Crippen LogP contribution in [-0.4, -0.2) is 40.1 Å². The van der Waals surface area contributed by atoms with Crippen LogP contribution >= 0.6 is 0 Å². The van der Waals surface area contributed by atoms with E-state index >= 15 is 0 Å². The fraction of sp³-hybridized carbons (Fsp3) is 0.375. The first-order valence-corrected chi connectivity index (χ1v) is 13.5. The molecule has 6 nitrogen and oxygen atoms in total. The van der Waals surface area contributed by atoms with E-state index in [1.807, 2.05) is 56.9 Å². The molecule has 198 valence electrons. The number of rotatable bonds is 6. The summed E-state index contributed by atoms with van der Waals surface area (Å²) in [6.45, 7) is 10.8. The minimum absolute atomic E-state index is 0.0605. The van der Waals surface area contributed by atoms with Gasteiger partial charge in [-0.05, 0) is 119 Å². The molecular weight excluding hydrogens is 474 g/mol. The number of hydrogen-bond acceptors (Lipinski definition) is 4. The molecule has 38 heavy (non-hydrogen) atoms. The second-order valence-electron chi connectivity index (χ2n) is 10.6. The lowest BCUT2D eigenvalue weighted by atomic mass is 9.96. The molecular formula is C32H37N3O3. The number of nitrogens with zero attached hydrogens (tertiary/aromatic N) is 3. The maximum Gasteiger partial charge on any atom is 0.255 e. The van der Waals surface area contributed by atoms with Crippen LogP contribution < -0.4 is 9.47 Å². The highest BCUT2D eigenvalue weighted by Gasteiger charge is 2.34. The number of hydrogen-bond donors (Lipinski definition) is 0. The maximum atomic E-state index is 14.2. The number of aromatic nitrogens is 2.